The Hall–Kier alpha value is -3.68. The fourth-order valence-electron chi connectivity index (χ4n) is 6.24. The van der Waals surface area contributed by atoms with E-state index in [9.17, 15) is 14.7 Å². The molecule has 43 heavy (non-hydrogen) atoms. The van der Waals surface area contributed by atoms with Crippen molar-refractivity contribution in [1.29, 1.82) is 0 Å². The number of anilines is 1. The van der Waals surface area contributed by atoms with Crippen molar-refractivity contribution in [1.82, 2.24) is 9.80 Å². The number of ether oxygens (including phenoxy) is 1. The van der Waals surface area contributed by atoms with Crippen molar-refractivity contribution in [2.45, 2.75) is 64.6 Å². The number of nitrogens with zero attached hydrogens (tertiary/aromatic N) is 2. The van der Waals surface area contributed by atoms with E-state index in [1.165, 1.54) is 23.1 Å². The second-order valence-corrected chi connectivity index (χ2v) is 12.4. The van der Waals surface area contributed by atoms with Crippen LogP contribution in [0.15, 0.2) is 72.8 Å². The molecule has 2 amide bonds. The van der Waals surface area contributed by atoms with Gasteiger partial charge in [-0.15, -0.1) is 0 Å². The first-order valence-electron chi connectivity index (χ1n) is 15.7. The SMILES string of the molecule is C[C@H](CO)N1C[C@H](C)[C@H](CN(C)Cc2ccc(-c3ccccc3)cc2)Oc2ccc(NC(=O)C3CCCCC3)cc2C1=O. The van der Waals surface area contributed by atoms with Crippen molar-refractivity contribution < 1.29 is 19.4 Å². The molecule has 0 aromatic heterocycles. The van der Waals surface area contributed by atoms with Gasteiger partial charge in [-0.2, -0.15) is 0 Å². The third-order valence-corrected chi connectivity index (χ3v) is 8.91. The number of carbonyl (C=O) groups is 2. The van der Waals surface area contributed by atoms with E-state index in [-0.39, 0.29) is 42.4 Å². The predicted octanol–water partition coefficient (Wildman–Crippen LogP) is 6.22. The van der Waals surface area contributed by atoms with Gasteiger partial charge in [-0.1, -0.05) is 80.8 Å². The van der Waals surface area contributed by atoms with Crippen LogP contribution in [0.1, 0.15) is 61.9 Å². The average molecular weight is 584 g/mol. The Balaban J connectivity index is 1.32. The maximum Gasteiger partial charge on any atom is 0.258 e. The van der Waals surface area contributed by atoms with E-state index < -0.39 is 0 Å². The lowest BCUT2D eigenvalue weighted by Crippen LogP contribution is -2.49. The Labute approximate surface area is 255 Å². The smallest absolute Gasteiger partial charge is 0.258 e. The molecular formula is C36H45N3O4. The number of likely N-dealkylation sites (N-methyl/N-ethyl adjacent to an activating group) is 1. The maximum atomic E-state index is 13.8. The highest BCUT2D eigenvalue weighted by molar-refractivity contribution is 6.00. The Morgan fingerprint density at radius 2 is 1.72 bits per heavy atom. The molecule has 0 saturated heterocycles. The molecule has 1 heterocycles. The molecule has 7 heteroatoms. The van der Waals surface area contributed by atoms with Crippen LogP contribution in [0.3, 0.4) is 0 Å². The maximum absolute atomic E-state index is 13.8. The summed E-state index contributed by atoms with van der Waals surface area (Å²) in [4.78, 5) is 30.7. The van der Waals surface area contributed by atoms with Crippen molar-refractivity contribution in [3.63, 3.8) is 0 Å². The molecular weight excluding hydrogens is 538 g/mol. The molecule has 0 radical (unpaired) electrons. The zero-order valence-electron chi connectivity index (χ0n) is 25.7. The molecule has 1 aliphatic carbocycles. The highest BCUT2D eigenvalue weighted by atomic mass is 16.5. The number of carbonyl (C=O) groups excluding carboxylic acids is 2. The molecule has 5 rings (SSSR count). The molecule has 2 N–H and O–H groups in total. The molecule has 1 saturated carbocycles. The van der Waals surface area contributed by atoms with Gasteiger partial charge in [0.25, 0.3) is 5.91 Å². The highest BCUT2D eigenvalue weighted by Crippen LogP contribution is 2.32. The number of aliphatic hydroxyl groups is 1. The molecule has 2 aliphatic rings. The highest BCUT2D eigenvalue weighted by Gasteiger charge is 2.34. The molecule has 0 unspecified atom stereocenters. The van der Waals surface area contributed by atoms with E-state index in [1.807, 2.05) is 19.1 Å². The number of rotatable bonds is 9. The Morgan fingerprint density at radius 3 is 2.42 bits per heavy atom. The number of benzene rings is 3. The van der Waals surface area contributed by atoms with Gasteiger partial charge >= 0.3 is 0 Å². The second-order valence-electron chi connectivity index (χ2n) is 12.4. The molecule has 228 valence electrons. The van der Waals surface area contributed by atoms with E-state index in [1.54, 1.807) is 17.0 Å². The second kappa shape index (κ2) is 14.2. The fourth-order valence-corrected chi connectivity index (χ4v) is 6.24. The molecule has 7 nitrogen and oxygen atoms in total. The van der Waals surface area contributed by atoms with Crippen molar-refractivity contribution >= 4 is 17.5 Å². The van der Waals surface area contributed by atoms with Crippen LogP contribution in [0.25, 0.3) is 11.1 Å². The summed E-state index contributed by atoms with van der Waals surface area (Å²) in [5.41, 5.74) is 4.62. The summed E-state index contributed by atoms with van der Waals surface area (Å²) in [6, 6.07) is 24.0. The lowest BCUT2D eigenvalue weighted by Gasteiger charge is -2.38. The van der Waals surface area contributed by atoms with Gasteiger partial charge in [0.05, 0.1) is 18.2 Å². The van der Waals surface area contributed by atoms with Crippen molar-refractivity contribution in [2.24, 2.45) is 11.8 Å². The van der Waals surface area contributed by atoms with Gasteiger partial charge in [0.15, 0.2) is 0 Å². The van der Waals surface area contributed by atoms with Crippen molar-refractivity contribution in [3.05, 3.63) is 83.9 Å². The third kappa shape index (κ3) is 7.64. The number of hydrogen-bond acceptors (Lipinski definition) is 5. The van der Waals surface area contributed by atoms with Crippen molar-refractivity contribution in [3.8, 4) is 16.9 Å². The minimum atomic E-state index is -0.345. The Kier molecular flexibility index (Phi) is 10.2. The van der Waals surface area contributed by atoms with E-state index in [4.69, 9.17) is 4.74 Å². The lowest BCUT2D eigenvalue weighted by molar-refractivity contribution is -0.120. The zero-order chi connectivity index (χ0) is 30.3. The summed E-state index contributed by atoms with van der Waals surface area (Å²) < 4.78 is 6.58. The topological polar surface area (TPSA) is 82.1 Å². The summed E-state index contributed by atoms with van der Waals surface area (Å²) in [7, 11) is 2.09. The van der Waals surface area contributed by atoms with Crippen LogP contribution in [-0.4, -0.2) is 65.6 Å². The summed E-state index contributed by atoms with van der Waals surface area (Å²) in [5, 5.41) is 13.0. The molecule has 3 atom stereocenters. The molecule has 1 aliphatic heterocycles. The standard InChI is InChI=1S/C36H45N3O4/c1-25-21-39(26(2)24-40)36(42)32-20-31(37-35(41)30-12-8-5-9-13-30)18-19-33(32)43-34(25)23-38(3)22-27-14-16-29(17-15-27)28-10-6-4-7-11-28/h4,6-7,10-11,14-20,25-26,30,34,40H,5,8-9,12-13,21-24H2,1-3H3,(H,37,41)/t25-,26+,34-/m0/s1. The summed E-state index contributed by atoms with van der Waals surface area (Å²) in [5.74, 6) is 0.378. The van der Waals surface area contributed by atoms with Crippen LogP contribution in [0, 0.1) is 11.8 Å². The number of nitrogens with one attached hydrogen (secondary N) is 1. The van der Waals surface area contributed by atoms with Crippen LogP contribution in [0.5, 0.6) is 5.75 Å². The van der Waals surface area contributed by atoms with E-state index in [0.29, 0.717) is 30.1 Å². The molecule has 0 spiro atoms. The largest absolute Gasteiger partial charge is 0.488 e. The predicted molar refractivity (Wildman–Crippen MR) is 171 cm³/mol. The van der Waals surface area contributed by atoms with Crippen LogP contribution in [-0.2, 0) is 11.3 Å². The first kappa shape index (κ1) is 30.8. The van der Waals surface area contributed by atoms with Gasteiger partial charge in [-0.05, 0) is 61.7 Å². The van der Waals surface area contributed by atoms with E-state index >= 15 is 0 Å². The third-order valence-electron chi connectivity index (χ3n) is 8.91. The monoisotopic (exact) mass is 583 g/mol. The fraction of sp³-hybridized carbons (Fsp3) is 0.444. The van der Waals surface area contributed by atoms with E-state index in [0.717, 1.165) is 32.2 Å². The summed E-state index contributed by atoms with van der Waals surface area (Å²) in [6.07, 6.45) is 4.97. The number of fused-ring (bicyclic) bond motifs is 1. The molecule has 3 aromatic rings. The molecule has 0 bridgehead atoms. The first-order valence-corrected chi connectivity index (χ1v) is 15.7. The van der Waals surface area contributed by atoms with Crippen LogP contribution in [0.2, 0.25) is 0 Å². The normalized spacial score (nSPS) is 20.1. The van der Waals surface area contributed by atoms with E-state index in [2.05, 4.69) is 72.7 Å². The summed E-state index contributed by atoms with van der Waals surface area (Å²) >= 11 is 0. The minimum absolute atomic E-state index is 0.0175. The summed E-state index contributed by atoms with van der Waals surface area (Å²) in [6.45, 7) is 5.72. The van der Waals surface area contributed by atoms with Crippen molar-refractivity contribution in [2.75, 3.05) is 32.1 Å². The van der Waals surface area contributed by atoms with Gasteiger partial charge in [-0.3, -0.25) is 14.5 Å². The van der Waals surface area contributed by atoms with Crippen LogP contribution >= 0.6 is 0 Å². The molecule has 3 aromatic carbocycles. The van der Waals surface area contributed by atoms with Gasteiger partial charge in [0.2, 0.25) is 5.91 Å². The Bertz CT molecular complexity index is 1370. The van der Waals surface area contributed by atoms with Gasteiger partial charge in [0.1, 0.15) is 11.9 Å². The quantitative estimate of drug-likeness (QED) is 0.312. The minimum Gasteiger partial charge on any atom is -0.488 e. The average Bonchev–Trinajstić information content (AvgIpc) is 3.03. The number of hydrogen-bond donors (Lipinski definition) is 2. The zero-order valence-corrected chi connectivity index (χ0v) is 25.7. The van der Waals surface area contributed by atoms with Gasteiger partial charge in [-0.25, -0.2) is 0 Å². The number of aliphatic hydroxyl groups excluding tert-OH is 1. The molecule has 1 fully saturated rings. The van der Waals surface area contributed by atoms with Crippen LogP contribution in [0.4, 0.5) is 5.69 Å². The van der Waals surface area contributed by atoms with Gasteiger partial charge < -0.3 is 20.1 Å². The first-order chi connectivity index (χ1) is 20.8. The van der Waals surface area contributed by atoms with Gasteiger partial charge in [0, 0.05) is 37.2 Å². The van der Waals surface area contributed by atoms with Crippen LogP contribution < -0.4 is 10.1 Å². The number of amides is 2. The lowest BCUT2D eigenvalue weighted by atomic mass is 9.88. The Morgan fingerprint density at radius 1 is 1.02 bits per heavy atom.